The lowest BCUT2D eigenvalue weighted by molar-refractivity contribution is 0.669. The number of hydrogen-bond acceptors (Lipinski definition) is 2. The quantitative estimate of drug-likeness (QED) is 0.182. The lowest BCUT2D eigenvalue weighted by Crippen LogP contribution is -1.95. The van der Waals surface area contributed by atoms with Crippen molar-refractivity contribution in [3.05, 3.63) is 158 Å². The Bertz CT molecular complexity index is 3110. The molecular weight excluding hydrogens is 585 g/mol. The van der Waals surface area contributed by atoms with Crippen LogP contribution < -0.4 is 0 Å². The van der Waals surface area contributed by atoms with Gasteiger partial charge in [-0.3, -0.25) is 0 Å². The largest absolute Gasteiger partial charge is 0.456 e. The third kappa shape index (κ3) is 3.45. The molecule has 11 rings (SSSR count). The number of hydrogen-bond donors (Lipinski definition) is 0. The summed E-state index contributed by atoms with van der Waals surface area (Å²) in [6.45, 7) is 0. The zero-order chi connectivity index (χ0) is 31.3. The van der Waals surface area contributed by atoms with Crippen molar-refractivity contribution >= 4 is 87.0 Å². The molecule has 3 heteroatoms. The van der Waals surface area contributed by atoms with E-state index in [1.54, 1.807) is 0 Å². The van der Waals surface area contributed by atoms with Gasteiger partial charge in [0, 0.05) is 55.0 Å². The molecule has 0 unspecified atom stereocenters. The van der Waals surface area contributed by atoms with Gasteiger partial charge in [-0.05, 0) is 57.9 Å². The van der Waals surface area contributed by atoms with Gasteiger partial charge in [0.1, 0.15) is 11.2 Å². The summed E-state index contributed by atoms with van der Waals surface area (Å²) in [6, 6.07) is 56.5. The van der Waals surface area contributed by atoms with Crippen molar-refractivity contribution in [2.75, 3.05) is 0 Å². The Morgan fingerprint density at radius 2 is 1.00 bits per heavy atom. The highest BCUT2D eigenvalue weighted by Crippen LogP contribution is 2.43. The van der Waals surface area contributed by atoms with Crippen molar-refractivity contribution in [1.29, 1.82) is 0 Å². The molecule has 222 valence electrons. The topological polar surface area (TPSA) is 31.0 Å². The lowest BCUT2D eigenvalue weighted by atomic mass is 9.90. The van der Waals surface area contributed by atoms with Gasteiger partial charge in [-0.15, -0.1) is 0 Å². The Hall–Kier alpha value is -6.45. The molecule has 0 aliphatic rings. The van der Waals surface area contributed by atoms with Gasteiger partial charge in [0.15, 0.2) is 0 Å². The number of pyridine rings is 1. The first-order valence-electron chi connectivity index (χ1n) is 16.4. The third-order valence-electron chi connectivity index (χ3n) is 10.1. The van der Waals surface area contributed by atoms with Crippen molar-refractivity contribution in [2.45, 2.75) is 0 Å². The molecule has 0 saturated heterocycles. The van der Waals surface area contributed by atoms with E-state index >= 15 is 0 Å². The maximum absolute atomic E-state index is 6.34. The fourth-order valence-corrected chi connectivity index (χ4v) is 8.07. The first-order chi connectivity index (χ1) is 23.8. The second kappa shape index (κ2) is 9.54. The predicted molar refractivity (Wildman–Crippen MR) is 201 cm³/mol. The number of rotatable bonds is 2. The van der Waals surface area contributed by atoms with E-state index in [9.17, 15) is 0 Å². The Morgan fingerprint density at radius 1 is 0.396 bits per heavy atom. The highest BCUT2D eigenvalue weighted by Gasteiger charge is 2.19. The van der Waals surface area contributed by atoms with Crippen LogP contribution in [-0.4, -0.2) is 9.55 Å². The number of para-hydroxylation sites is 3. The van der Waals surface area contributed by atoms with Gasteiger partial charge in [-0.1, -0.05) is 115 Å². The molecule has 0 spiro atoms. The third-order valence-corrected chi connectivity index (χ3v) is 10.1. The molecule has 0 aliphatic carbocycles. The van der Waals surface area contributed by atoms with Crippen LogP contribution in [0.3, 0.4) is 0 Å². The minimum Gasteiger partial charge on any atom is -0.456 e. The van der Waals surface area contributed by atoms with Crippen LogP contribution in [-0.2, 0) is 0 Å². The van der Waals surface area contributed by atoms with E-state index in [1.807, 2.05) is 12.1 Å². The normalized spacial score (nSPS) is 12.2. The zero-order valence-corrected chi connectivity index (χ0v) is 25.8. The molecule has 8 aromatic carbocycles. The van der Waals surface area contributed by atoms with Gasteiger partial charge in [0.2, 0.25) is 0 Å². The van der Waals surface area contributed by atoms with Crippen molar-refractivity contribution in [3.8, 4) is 16.9 Å². The van der Waals surface area contributed by atoms with Gasteiger partial charge in [0.05, 0.1) is 22.2 Å². The molecule has 3 aromatic heterocycles. The molecule has 0 amide bonds. The minimum atomic E-state index is 0.898. The van der Waals surface area contributed by atoms with E-state index in [0.29, 0.717) is 0 Å². The number of nitrogens with zero attached hydrogens (tertiary/aromatic N) is 2. The number of aromatic nitrogens is 2. The molecule has 0 radical (unpaired) electrons. The predicted octanol–water partition coefficient (Wildman–Crippen LogP) is 12.4. The summed E-state index contributed by atoms with van der Waals surface area (Å²) in [5.41, 5.74) is 8.30. The summed E-state index contributed by atoms with van der Waals surface area (Å²) in [4.78, 5) is 5.36. The van der Waals surface area contributed by atoms with Crippen LogP contribution >= 0.6 is 0 Å². The van der Waals surface area contributed by atoms with Crippen LogP contribution in [0, 0.1) is 0 Å². The van der Waals surface area contributed by atoms with Gasteiger partial charge in [-0.2, -0.15) is 0 Å². The molecule has 0 fully saturated rings. The molecule has 0 bridgehead atoms. The smallest absolute Gasteiger partial charge is 0.137 e. The summed E-state index contributed by atoms with van der Waals surface area (Å²) in [6.07, 6.45) is 0. The van der Waals surface area contributed by atoms with Gasteiger partial charge >= 0.3 is 0 Å². The van der Waals surface area contributed by atoms with E-state index < -0.39 is 0 Å². The average Bonchev–Trinajstić information content (AvgIpc) is 3.68. The first kappa shape index (κ1) is 25.7. The van der Waals surface area contributed by atoms with E-state index in [0.717, 1.165) is 49.9 Å². The van der Waals surface area contributed by atoms with E-state index in [1.165, 1.54) is 54.0 Å². The van der Waals surface area contributed by atoms with Crippen LogP contribution in [0.2, 0.25) is 0 Å². The van der Waals surface area contributed by atoms with Crippen LogP contribution in [0.25, 0.3) is 104 Å². The maximum Gasteiger partial charge on any atom is 0.137 e. The molecule has 0 aliphatic heterocycles. The zero-order valence-electron chi connectivity index (χ0n) is 25.8. The molecule has 3 nitrogen and oxygen atoms in total. The summed E-state index contributed by atoms with van der Waals surface area (Å²) < 4.78 is 8.70. The number of furan rings is 1. The van der Waals surface area contributed by atoms with Crippen LogP contribution in [0.1, 0.15) is 0 Å². The van der Waals surface area contributed by atoms with E-state index in [4.69, 9.17) is 9.40 Å². The molecule has 48 heavy (non-hydrogen) atoms. The molecule has 0 saturated carbocycles. The van der Waals surface area contributed by atoms with Crippen molar-refractivity contribution < 1.29 is 4.42 Å². The van der Waals surface area contributed by atoms with Gasteiger partial charge in [-0.25, -0.2) is 4.98 Å². The molecule has 0 atom stereocenters. The van der Waals surface area contributed by atoms with Crippen LogP contribution in [0.15, 0.2) is 162 Å². The summed E-state index contributed by atoms with van der Waals surface area (Å²) in [5.74, 6) is 0. The maximum atomic E-state index is 6.34. The van der Waals surface area contributed by atoms with Crippen molar-refractivity contribution in [3.63, 3.8) is 0 Å². The van der Waals surface area contributed by atoms with Crippen LogP contribution in [0.4, 0.5) is 0 Å². The molecule has 3 heterocycles. The summed E-state index contributed by atoms with van der Waals surface area (Å²) in [7, 11) is 0. The van der Waals surface area contributed by atoms with Gasteiger partial charge in [0.25, 0.3) is 0 Å². The second-order valence-electron chi connectivity index (χ2n) is 12.7. The molecular formula is C45H26N2O. The highest BCUT2D eigenvalue weighted by molar-refractivity contribution is 6.33. The van der Waals surface area contributed by atoms with Crippen molar-refractivity contribution in [1.82, 2.24) is 9.55 Å². The number of benzene rings is 8. The fraction of sp³-hybridized carbons (Fsp3) is 0. The van der Waals surface area contributed by atoms with E-state index in [-0.39, 0.29) is 0 Å². The van der Waals surface area contributed by atoms with Crippen LogP contribution in [0.5, 0.6) is 0 Å². The summed E-state index contributed by atoms with van der Waals surface area (Å²) in [5, 5.41) is 13.4. The Labute approximate surface area is 274 Å². The Kier molecular flexibility index (Phi) is 5.11. The van der Waals surface area contributed by atoms with Gasteiger partial charge < -0.3 is 8.98 Å². The second-order valence-corrected chi connectivity index (χ2v) is 12.7. The van der Waals surface area contributed by atoms with E-state index in [2.05, 4.69) is 150 Å². The van der Waals surface area contributed by atoms with Crippen molar-refractivity contribution in [2.24, 2.45) is 0 Å². The Balaban J connectivity index is 1.18. The molecule has 11 aromatic rings. The minimum absolute atomic E-state index is 0.898. The standard InChI is InChI=1S/C45H26N2O/c1-3-15-33-29(11-1)30-12-2-4-16-34(30)44-43(33)35-17-5-8-18-38(35)46-45(44)27-21-23-28(24-22-27)47-39-19-9-6-13-31(39)36-25-37-32-14-7-10-20-41(32)48-42(37)26-40(36)47/h1-26H. The fourth-order valence-electron chi connectivity index (χ4n) is 8.07. The number of fused-ring (bicyclic) bond motifs is 14. The summed E-state index contributed by atoms with van der Waals surface area (Å²) >= 11 is 0. The lowest BCUT2D eigenvalue weighted by Gasteiger charge is -2.16. The SMILES string of the molecule is c1ccc2c(c1)nc(-c1ccc(-n3c4ccccc4c4cc5c(cc43)oc3ccccc35)cc1)c1c3ccccc3c3ccccc3c21. The Morgan fingerprint density at radius 3 is 1.77 bits per heavy atom. The first-order valence-corrected chi connectivity index (χ1v) is 16.4. The monoisotopic (exact) mass is 610 g/mol. The molecule has 0 N–H and O–H groups in total. The average molecular weight is 611 g/mol. The highest BCUT2D eigenvalue weighted by atomic mass is 16.3.